The molecule has 0 saturated heterocycles. The summed E-state index contributed by atoms with van der Waals surface area (Å²) in [7, 11) is 5.86. The largest absolute Gasteiger partial charge is 0.505 e. The second-order valence-corrected chi connectivity index (χ2v) is 5.76. The Balaban J connectivity index is 2.24. The van der Waals surface area contributed by atoms with Crippen LogP contribution in [0, 0.1) is 0 Å². The van der Waals surface area contributed by atoms with Crippen molar-refractivity contribution in [1.29, 1.82) is 0 Å². The highest BCUT2D eigenvalue weighted by Crippen LogP contribution is 2.22. The lowest BCUT2D eigenvalue weighted by molar-refractivity contribution is 0.685. The van der Waals surface area contributed by atoms with E-state index in [1.165, 1.54) is 31.2 Å². The Kier molecular flexibility index (Phi) is 3.53. The lowest BCUT2D eigenvalue weighted by atomic mass is 9.91. The summed E-state index contributed by atoms with van der Waals surface area (Å²) in [5.41, 5.74) is 4.62. The minimum absolute atomic E-state index is 0.336. The van der Waals surface area contributed by atoms with E-state index >= 15 is 0 Å². The number of aryl methyl sites for hydroxylation is 2. The van der Waals surface area contributed by atoms with E-state index < -0.39 is 0 Å². The van der Waals surface area contributed by atoms with Crippen LogP contribution in [0.25, 0.3) is 0 Å². The molecule has 1 aromatic carbocycles. The molecule has 2 heteroatoms. The summed E-state index contributed by atoms with van der Waals surface area (Å²) in [4.78, 5) is 0. The fourth-order valence-electron chi connectivity index (χ4n) is 2.05. The molecule has 0 bridgehead atoms. The summed E-state index contributed by atoms with van der Waals surface area (Å²) in [6.07, 6.45) is 5.31. The molecule has 0 radical (unpaired) electrons. The molecule has 0 saturated carbocycles. The number of fused-ring (bicyclic) bond motifs is 1. The Hall–Kier alpha value is 0.276. The maximum Gasteiger partial charge on any atom is 0.505 e. The van der Waals surface area contributed by atoms with E-state index in [2.05, 4.69) is 18.2 Å². The summed E-state index contributed by atoms with van der Waals surface area (Å²) in [6.45, 7) is 0. The highest BCUT2D eigenvalue weighted by Gasteiger charge is 2.09. The van der Waals surface area contributed by atoms with Gasteiger partial charge in [-0.1, -0.05) is 28.3 Å². The van der Waals surface area contributed by atoms with Gasteiger partial charge in [-0.2, -0.15) is 0 Å². The van der Waals surface area contributed by atoms with Crippen molar-refractivity contribution < 1.29 is 0 Å². The number of hydrogen-bond acceptors (Lipinski definition) is 0. The molecule has 0 nitrogen and oxygen atoms in total. The smallest absolute Gasteiger partial charge is 0.345 e. The van der Waals surface area contributed by atoms with Gasteiger partial charge in [-0.25, -0.2) is 0 Å². The normalized spacial score (nSPS) is 14.8. The Labute approximate surface area is 93.2 Å². The van der Waals surface area contributed by atoms with Crippen molar-refractivity contribution in [3.63, 3.8) is 0 Å². The van der Waals surface area contributed by atoms with Crippen molar-refractivity contribution in [2.45, 2.75) is 30.2 Å². The van der Waals surface area contributed by atoms with Crippen LogP contribution in [0.1, 0.15) is 29.5 Å². The van der Waals surface area contributed by atoms with Crippen molar-refractivity contribution in [2.75, 3.05) is 0 Å². The molecule has 1 aliphatic rings. The lowest BCUT2D eigenvalue weighted by Gasteiger charge is -2.16. The summed E-state index contributed by atoms with van der Waals surface area (Å²) in [5, 5.41) is 0. The van der Waals surface area contributed by atoms with Gasteiger partial charge in [0.25, 0.3) is 0 Å². The molecule has 1 aliphatic carbocycles. The molecule has 0 heterocycles. The Morgan fingerprint density at radius 1 is 1.15 bits per heavy atom. The molecular formula is C11H13ClMg. The molecule has 66 valence electrons. The molecule has 1 aromatic rings. The monoisotopic (exact) mass is 204 g/mol. The first-order valence-electron chi connectivity index (χ1n) is 5.07. The van der Waals surface area contributed by atoms with Gasteiger partial charge < -0.3 is 9.07 Å². The molecule has 0 aliphatic heterocycles. The second kappa shape index (κ2) is 4.67. The Morgan fingerprint density at radius 3 is 2.69 bits per heavy atom. The maximum atomic E-state index is 5.86. The molecule has 0 N–H and O–H groups in total. The zero-order valence-corrected chi connectivity index (χ0v) is 10.0. The van der Waals surface area contributed by atoms with E-state index in [4.69, 9.17) is 9.07 Å². The quantitative estimate of drug-likeness (QED) is 0.651. The fraction of sp³-hybridized carbons (Fsp3) is 0.455. The predicted octanol–water partition coefficient (Wildman–Crippen LogP) is 2.92. The molecule has 0 spiro atoms. The van der Waals surface area contributed by atoms with E-state index in [1.807, 2.05) is 0 Å². The van der Waals surface area contributed by atoms with Crippen molar-refractivity contribution >= 4 is 28.3 Å². The van der Waals surface area contributed by atoms with Gasteiger partial charge >= 0.3 is 19.3 Å². The van der Waals surface area contributed by atoms with Crippen LogP contribution in [0.5, 0.6) is 0 Å². The fourth-order valence-corrected chi connectivity index (χ4v) is 3.24. The highest BCUT2D eigenvalue weighted by atomic mass is 35.5. The number of hydrogen-bond donors (Lipinski definition) is 0. The number of rotatable bonds is 2. The van der Waals surface area contributed by atoms with Crippen LogP contribution in [0.2, 0.25) is 0 Å². The van der Waals surface area contributed by atoms with Crippen LogP contribution in [0.4, 0.5) is 0 Å². The van der Waals surface area contributed by atoms with E-state index in [-0.39, 0.29) is 19.3 Å². The first-order chi connectivity index (χ1) is 6.40. The zero-order chi connectivity index (χ0) is 9.10. The Morgan fingerprint density at radius 2 is 1.92 bits per heavy atom. The van der Waals surface area contributed by atoms with Crippen molar-refractivity contribution in [2.24, 2.45) is 0 Å². The topological polar surface area (TPSA) is 0 Å². The molecule has 0 atom stereocenters. The average molecular weight is 205 g/mol. The van der Waals surface area contributed by atoms with Crippen molar-refractivity contribution in [1.82, 2.24) is 0 Å². The third-order valence-electron chi connectivity index (χ3n) is 2.80. The van der Waals surface area contributed by atoms with Crippen LogP contribution in [0.15, 0.2) is 18.2 Å². The summed E-state index contributed by atoms with van der Waals surface area (Å²) in [6, 6.07) is 6.95. The van der Waals surface area contributed by atoms with Crippen molar-refractivity contribution in [3.05, 3.63) is 34.9 Å². The van der Waals surface area contributed by atoms with Gasteiger partial charge in [0.05, 0.1) is 0 Å². The molecule has 0 aromatic heterocycles. The van der Waals surface area contributed by atoms with Gasteiger partial charge in [0.15, 0.2) is 0 Å². The third-order valence-corrected chi connectivity index (χ3v) is 4.13. The predicted molar refractivity (Wildman–Crippen MR) is 58.4 cm³/mol. The van der Waals surface area contributed by atoms with Crippen LogP contribution in [-0.2, 0) is 17.4 Å². The maximum absolute atomic E-state index is 5.86. The van der Waals surface area contributed by atoms with Gasteiger partial charge in [0.2, 0.25) is 0 Å². The molecule has 0 fully saturated rings. The van der Waals surface area contributed by atoms with E-state index in [0.29, 0.717) is 0 Å². The summed E-state index contributed by atoms with van der Waals surface area (Å²) in [5.74, 6) is 0. The summed E-state index contributed by atoms with van der Waals surface area (Å²) < 4.78 is 1.15. The van der Waals surface area contributed by atoms with Crippen LogP contribution >= 0.6 is 9.07 Å². The van der Waals surface area contributed by atoms with Gasteiger partial charge in [-0.15, -0.1) is 0 Å². The highest BCUT2D eigenvalue weighted by molar-refractivity contribution is 6.93. The van der Waals surface area contributed by atoms with Gasteiger partial charge in [-0.05, 0) is 36.8 Å². The van der Waals surface area contributed by atoms with Crippen LogP contribution in [0.3, 0.4) is 0 Å². The third kappa shape index (κ3) is 2.39. The van der Waals surface area contributed by atoms with Gasteiger partial charge in [-0.3, -0.25) is 0 Å². The Bertz CT molecular complexity index is 296. The SMILES string of the molecule is [Cl][Mg][CH2]c1ccc2c(c1)CCCC2. The molecule has 2 rings (SSSR count). The van der Waals surface area contributed by atoms with Gasteiger partial charge in [0, 0.05) is 0 Å². The lowest BCUT2D eigenvalue weighted by Crippen LogP contribution is -2.03. The molecular weight excluding hydrogens is 192 g/mol. The van der Waals surface area contributed by atoms with Crippen molar-refractivity contribution in [3.8, 4) is 0 Å². The van der Waals surface area contributed by atoms with E-state index in [0.717, 1.165) is 4.55 Å². The number of halogens is 1. The minimum Gasteiger partial charge on any atom is -0.345 e. The zero-order valence-electron chi connectivity index (χ0n) is 7.85. The van der Waals surface area contributed by atoms with Gasteiger partial charge in [0.1, 0.15) is 0 Å². The summed E-state index contributed by atoms with van der Waals surface area (Å²) >= 11 is -0.336. The first-order valence-corrected chi connectivity index (χ1v) is 8.20. The second-order valence-electron chi connectivity index (χ2n) is 3.75. The average Bonchev–Trinajstić information content (AvgIpc) is 2.18. The van der Waals surface area contributed by atoms with Crippen LogP contribution < -0.4 is 0 Å². The standard InChI is InChI=1S/C11H13.ClH.Mg/c1-9-6-7-10-4-2-3-5-11(10)8-9;;/h6-8H,1-5H2;1H;/q;;+1/p-1. The van der Waals surface area contributed by atoms with Crippen LogP contribution in [-0.4, -0.2) is 19.3 Å². The minimum atomic E-state index is -0.336. The van der Waals surface area contributed by atoms with E-state index in [1.54, 1.807) is 11.1 Å². The van der Waals surface area contributed by atoms with E-state index in [9.17, 15) is 0 Å². The molecule has 0 unspecified atom stereocenters. The molecule has 0 amide bonds. The number of benzene rings is 1. The first kappa shape index (κ1) is 9.82. The molecule has 13 heavy (non-hydrogen) atoms.